The lowest BCUT2D eigenvalue weighted by atomic mass is 10.1. The number of carbonyl (C=O) groups excluding carboxylic acids is 1. The van der Waals surface area contributed by atoms with Crippen molar-refractivity contribution in [2.45, 2.75) is 6.36 Å². The van der Waals surface area contributed by atoms with Gasteiger partial charge < -0.3 is 20.3 Å². The van der Waals surface area contributed by atoms with Gasteiger partial charge in [-0.15, -0.1) is 13.2 Å². The molecule has 0 heterocycles. The number of alkyl halides is 3. The van der Waals surface area contributed by atoms with Crippen molar-refractivity contribution in [3.63, 3.8) is 0 Å². The highest BCUT2D eigenvalue weighted by Crippen LogP contribution is 2.26. The van der Waals surface area contributed by atoms with Crippen LogP contribution in [0.2, 0.25) is 0 Å². The monoisotopic (exact) mass is 341 g/mol. The summed E-state index contributed by atoms with van der Waals surface area (Å²) >= 11 is 0. The molecule has 9 heteroatoms. The maximum absolute atomic E-state index is 12.1. The summed E-state index contributed by atoms with van der Waals surface area (Å²) in [4.78, 5) is 22.9. The zero-order valence-electron chi connectivity index (χ0n) is 11.8. The Morgan fingerprint density at radius 1 is 1.00 bits per heavy atom. The van der Waals surface area contributed by atoms with E-state index in [1.807, 2.05) is 0 Å². The van der Waals surface area contributed by atoms with E-state index in [1.54, 1.807) is 0 Å². The van der Waals surface area contributed by atoms with Gasteiger partial charge in [0, 0.05) is 5.56 Å². The average Bonchev–Trinajstić information content (AvgIpc) is 2.48. The lowest BCUT2D eigenvalue weighted by molar-refractivity contribution is -0.274. The maximum atomic E-state index is 12.1. The number of carbonyl (C=O) groups is 2. The van der Waals surface area contributed by atoms with Crippen molar-refractivity contribution in [2.75, 3.05) is 5.32 Å². The molecule has 0 aliphatic heterocycles. The molecule has 0 saturated heterocycles. The van der Waals surface area contributed by atoms with Gasteiger partial charge in [-0.1, -0.05) is 0 Å². The van der Waals surface area contributed by atoms with Crippen LogP contribution in [0.15, 0.2) is 42.5 Å². The molecule has 0 bridgehead atoms. The van der Waals surface area contributed by atoms with Crippen molar-refractivity contribution in [1.82, 2.24) is 0 Å². The fraction of sp³-hybridized carbons (Fsp3) is 0.0667. The molecular formula is C15H10F3NO5. The molecule has 126 valence electrons. The highest BCUT2D eigenvalue weighted by Gasteiger charge is 2.31. The molecule has 2 aromatic carbocycles. The summed E-state index contributed by atoms with van der Waals surface area (Å²) in [7, 11) is 0. The van der Waals surface area contributed by atoms with Crippen LogP contribution in [0.5, 0.6) is 11.5 Å². The van der Waals surface area contributed by atoms with Gasteiger partial charge in [0.2, 0.25) is 0 Å². The van der Waals surface area contributed by atoms with Crippen LogP contribution < -0.4 is 10.1 Å². The molecule has 0 aliphatic rings. The molecule has 3 N–H and O–H groups in total. The van der Waals surface area contributed by atoms with Crippen molar-refractivity contribution in [3.05, 3.63) is 53.6 Å². The summed E-state index contributed by atoms with van der Waals surface area (Å²) in [6.07, 6.45) is -4.84. The molecule has 0 saturated carbocycles. The molecule has 0 unspecified atom stereocenters. The number of aromatic carboxylic acids is 1. The maximum Gasteiger partial charge on any atom is 0.573 e. The Labute approximate surface area is 133 Å². The van der Waals surface area contributed by atoms with E-state index in [1.165, 1.54) is 0 Å². The summed E-state index contributed by atoms with van der Waals surface area (Å²) < 4.78 is 39.9. The number of rotatable bonds is 4. The van der Waals surface area contributed by atoms with E-state index in [0.29, 0.717) is 0 Å². The third kappa shape index (κ3) is 4.38. The number of phenolic OH excluding ortho intramolecular Hbond substituents is 1. The van der Waals surface area contributed by atoms with Crippen LogP contribution in [0.1, 0.15) is 20.7 Å². The van der Waals surface area contributed by atoms with E-state index in [4.69, 9.17) is 5.11 Å². The van der Waals surface area contributed by atoms with Crippen molar-refractivity contribution in [3.8, 4) is 11.5 Å². The Kier molecular flexibility index (Phi) is 4.63. The number of anilines is 1. The first kappa shape index (κ1) is 17.1. The number of carboxylic acids is 1. The highest BCUT2D eigenvalue weighted by atomic mass is 19.4. The Hall–Kier alpha value is -3.23. The summed E-state index contributed by atoms with van der Waals surface area (Å²) in [5.41, 5.74) is -0.308. The summed E-state index contributed by atoms with van der Waals surface area (Å²) in [6, 6.07) is 7.39. The van der Waals surface area contributed by atoms with Crippen molar-refractivity contribution < 1.29 is 37.7 Å². The zero-order valence-corrected chi connectivity index (χ0v) is 11.8. The third-order valence-corrected chi connectivity index (χ3v) is 2.84. The van der Waals surface area contributed by atoms with Gasteiger partial charge in [-0.2, -0.15) is 0 Å². The first-order valence-corrected chi connectivity index (χ1v) is 6.39. The predicted molar refractivity (Wildman–Crippen MR) is 76.1 cm³/mol. The van der Waals surface area contributed by atoms with Gasteiger partial charge in [0.1, 0.15) is 11.5 Å². The van der Waals surface area contributed by atoms with Gasteiger partial charge in [-0.25, -0.2) is 4.79 Å². The first-order valence-electron chi connectivity index (χ1n) is 6.39. The topological polar surface area (TPSA) is 95.9 Å². The van der Waals surface area contributed by atoms with Gasteiger partial charge >= 0.3 is 12.3 Å². The van der Waals surface area contributed by atoms with E-state index in [-0.39, 0.29) is 22.6 Å². The fourth-order valence-electron chi connectivity index (χ4n) is 1.77. The molecule has 0 aromatic heterocycles. The minimum absolute atomic E-state index is 0.00958. The van der Waals surface area contributed by atoms with Gasteiger partial charge in [0.05, 0.1) is 11.3 Å². The molecule has 0 spiro atoms. The van der Waals surface area contributed by atoms with Gasteiger partial charge in [-0.3, -0.25) is 4.79 Å². The van der Waals surface area contributed by atoms with Crippen LogP contribution in [0, 0.1) is 0 Å². The number of aromatic hydroxyl groups is 1. The molecule has 2 rings (SSSR count). The Bertz CT molecular complexity index is 772. The molecule has 0 atom stereocenters. The normalized spacial score (nSPS) is 11.0. The number of phenols is 1. The second-order valence-corrected chi connectivity index (χ2v) is 4.56. The van der Waals surface area contributed by atoms with E-state index in [0.717, 1.165) is 42.5 Å². The molecule has 0 radical (unpaired) electrons. The van der Waals surface area contributed by atoms with Gasteiger partial charge in [-0.05, 0) is 42.5 Å². The molecule has 2 aromatic rings. The van der Waals surface area contributed by atoms with Crippen LogP contribution in [0.25, 0.3) is 0 Å². The number of halogens is 3. The Morgan fingerprint density at radius 2 is 1.58 bits per heavy atom. The van der Waals surface area contributed by atoms with Crippen LogP contribution in [0.4, 0.5) is 18.9 Å². The fourth-order valence-corrected chi connectivity index (χ4v) is 1.77. The quantitative estimate of drug-likeness (QED) is 0.742. The number of nitrogens with one attached hydrogen (secondary N) is 1. The molecule has 0 fully saturated rings. The lowest BCUT2D eigenvalue weighted by Gasteiger charge is -2.10. The summed E-state index contributed by atoms with van der Waals surface area (Å²) in [5.74, 6) is -2.84. The lowest BCUT2D eigenvalue weighted by Crippen LogP contribution is -2.17. The number of hydrogen-bond acceptors (Lipinski definition) is 4. The SMILES string of the molecule is O=C(O)c1ccc(O)c(NC(=O)c2ccc(OC(F)(F)F)cc2)c1. The first-order chi connectivity index (χ1) is 11.2. The van der Waals surface area contributed by atoms with Gasteiger partial charge in [0.15, 0.2) is 0 Å². The van der Waals surface area contributed by atoms with Crippen LogP contribution in [-0.2, 0) is 0 Å². The second-order valence-electron chi connectivity index (χ2n) is 4.56. The number of hydrogen-bond donors (Lipinski definition) is 3. The third-order valence-electron chi connectivity index (χ3n) is 2.84. The standard InChI is InChI=1S/C15H10F3NO5/c16-15(17,18)24-10-4-1-8(2-5-10)13(21)19-11-7-9(14(22)23)3-6-12(11)20/h1-7,20H,(H,19,21)(H,22,23). The van der Waals surface area contributed by atoms with E-state index < -0.39 is 24.0 Å². The number of carboxylic acid groups (broad SMARTS) is 1. The number of amides is 1. The largest absolute Gasteiger partial charge is 0.573 e. The summed E-state index contributed by atoms with van der Waals surface area (Å²) in [6.45, 7) is 0. The summed E-state index contributed by atoms with van der Waals surface area (Å²) in [5, 5.41) is 20.8. The van der Waals surface area contributed by atoms with E-state index >= 15 is 0 Å². The Morgan fingerprint density at radius 3 is 2.12 bits per heavy atom. The minimum atomic E-state index is -4.84. The van der Waals surface area contributed by atoms with Gasteiger partial charge in [0.25, 0.3) is 5.91 Å². The smallest absolute Gasteiger partial charge is 0.506 e. The average molecular weight is 341 g/mol. The Balaban J connectivity index is 2.15. The molecule has 24 heavy (non-hydrogen) atoms. The molecular weight excluding hydrogens is 331 g/mol. The van der Waals surface area contributed by atoms with E-state index in [2.05, 4.69) is 10.1 Å². The second kappa shape index (κ2) is 6.49. The van der Waals surface area contributed by atoms with Crippen LogP contribution in [0.3, 0.4) is 0 Å². The minimum Gasteiger partial charge on any atom is -0.506 e. The van der Waals surface area contributed by atoms with Crippen molar-refractivity contribution in [1.29, 1.82) is 0 Å². The highest BCUT2D eigenvalue weighted by molar-refractivity contribution is 6.05. The predicted octanol–water partition coefficient (Wildman–Crippen LogP) is 3.24. The molecule has 6 nitrogen and oxygen atoms in total. The number of benzene rings is 2. The van der Waals surface area contributed by atoms with E-state index in [9.17, 15) is 27.9 Å². The zero-order chi connectivity index (χ0) is 17.9. The molecule has 1 amide bonds. The number of ether oxygens (including phenoxy) is 1. The van der Waals surface area contributed by atoms with Crippen LogP contribution >= 0.6 is 0 Å². The van der Waals surface area contributed by atoms with Crippen molar-refractivity contribution in [2.24, 2.45) is 0 Å². The molecule has 0 aliphatic carbocycles. The van der Waals surface area contributed by atoms with Crippen LogP contribution in [-0.4, -0.2) is 28.5 Å². The van der Waals surface area contributed by atoms with Crippen molar-refractivity contribution >= 4 is 17.6 Å².